The standard InChI is InChI=1S/C22H15BrClN3O3/c1-29-18-8-6-15(23)11-13(18)5-9-20(28)26-17-12-14(4-7-16(17)24)22-27-21-19(30-22)3-2-10-25-21/h2-12H,1H3,(H,26,28)/b9-5+. The molecule has 1 amide bonds. The van der Waals surface area contributed by atoms with Gasteiger partial charge in [0.05, 0.1) is 17.8 Å². The summed E-state index contributed by atoms with van der Waals surface area (Å²) in [6, 6.07) is 14.3. The van der Waals surface area contributed by atoms with E-state index in [9.17, 15) is 4.79 Å². The van der Waals surface area contributed by atoms with Crippen molar-refractivity contribution in [3.63, 3.8) is 0 Å². The molecule has 150 valence electrons. The van der Waals surface area contributed by atoms with E-state index in [1.807, 2.05) is 18.2 Å². The summed E-state index contributed by atoms with van der Waals surface area (Å²) < 4.78 is 11.9. The van der Waals surface area contributed by atoms with Crippen molar-refractivity contribution in [3.8, 4) is 17.2 Å². The molecular formula is C22H15BrClN3O3. The number of benzene rings is 2. The first kappa shape index (κ1) is 20.1. The van der Waals surface area contributed by atoms with Gasteiger partial charge in [-0.1, -0.05) is 27.5 Å². The Labute approximate surface area is 185 Å². The van der Waals surface area contributed by atoms with E-state index in [2.05, 4.69) is 31.2 Å². The highest BCUT2D eigenvalue weighted by Gasteiger charge is 2.12. The number of pyridine rings is 1. The topological polar surface area (TPSA) is 77.2 Å². The Morgan fingerprint density at radius 1 is 1.23 bits per heavy atom. The second-order valence-electron chi connectivity index (χ2n) is 6.25. The van der Waals surface area contributed by atoms with Crippen LogP contribution in [0.1, 0.15) is 5.56 Å². The van der Waals surface area contributed by atoms with Gasteiger partial charge in [-0.25, -0.2) is 4.98 Å². The second kappa shape index (κ2) is 8.69. The molecular weight excluding hydrogens is 470 g/mol. The predicted molar refractivity (Wildman–Crippen MR) is 121 cm³/mol. The first-order valence-electron chi connectivity index (χ1n) is 8.87. The van der Waals surface area contributed by atoms with Gasteiger partial charge in [0.2, 0.25) is 11.8 Å². The molecule has 0 saturated heterocycles. The third-order valence-electron chi connectivity index (χ3n) is 4.24. The maximum atomic E-state index is 12.5. The van der Waals surface area contributed by atoms with E-state index in [1.165, 1.54) is 6.08 Å². The lowest BCUT2D eigenvalue weighted by Crippen LogP contribution is -2.08. The van der Waals surface area contributed by atoms with Crippen LogP contribution in [0.25, 0.3) is 28.8 Å². The molecule has 0 fully saturated rings. The summed E-state index contributed by atoms with van der Waals surface area (Å²) in [6.07, 6.45) is 4.73. The lowest BCUT2D eigenvalue weighted by Gasteiger charge is -2.07. The fourth-order valence-corrected chi connectivity index (χ4v) is 3.37. The molecule has 30 heavy (non-hydrogen) atoms. The molecule has 4 rings (SSSR count). The first-order chi connectivity index (χ1) is 14.5. The average molecular weight is 485 g/mol. The van der Waals surface area contributed by atoms with Gasteiger partial charge in [0.25, 0.3) is 0 Å². The summed E-state index contributed by atoms with van der Waals surface area (Å²) in [5.74, 6) is 0.715. The fraction of sp³-hybridized carbons (Fsp3) is 0.0455. The first-order valence-corrected chi connectivity index (χ1v) is 10.0. The molecule has 6 nitrogen and oxygen atoms in total. The summed E-state index contributed by atoms with van der Waals surface area (Å²) in [7, 11) is 1.58. The van der Waals surface area contributed by atoms with Crippen LogP contribution in [0.4, 0.5) is 5.69 Å². The van der Waals surface area contributed by atoms with Crippen LogP contribution in [0, 0.1) is 0 Å². The van der Waals surface area contributed by atoms with Crippen molar-refractivity contribution in [2.24, 2.45) is 0 Å². The molecule has 2 heterocycles. The number of rotatable bonds is 5. The maximum absolute atomic E-state index is 12.5. The molecule has 0 bridgehead atoms. The Hall–Kier alpha value is -3.16. The number of oxazole rings is 1. The van der Waals surface area contributed by atoms with Crippen molar-refractivity contribution in [3.05, 3.63) is 75.9 Å². The highest BCUT2D eigenvalue weighted by molar-refractivity contribution is 9.10. The summed E-state index contributed by atoms with van der Waals surface area (Å²) in [5.41, 5.74) is 2.98. The minimum Gasteiger partial charge on any atom is -0.496 e. The average Bonchev–Trinajstić information content (AvgIpc) is 3.18. The zero-order valence-corrected chi connectivity index (χ0v) is 18.1. The van der Waals surface area contributed by atoms with E-state index in [1.54, 1.807) is 49.7 Å². The number of halogens is 2. The molecule has 4 aromatic rings. The molecule has 8 heteroatoms. The van der Waals surface area contributed by atoms with E-state index in [0.717, 1.165) is 10.0 Å². The van der Waals surface area contributed by atoms with Crippen LogP contribution in [-0.2, 0) is 4.79 Å². The largest absolute Gasteiger partial charge is 0.496 e. The van der Waals surface area contributed by atoms with Gasteiger partial charge in [0.1, 0.15) is 5.75 Å². The number of carbonyl (C=O) groups is 1. The van der Waals surface area contributed by atoms with Gasteiger partial charge >= 0.3 is 0 Å². The fourth-order valence-electron chi connectivity index (χ4n) is 2.82. The molecule has 1 N–H and O–H groups in total. The molecule has 0 atom stereocenters. The Balaban J connectivity index is 1.56. The summed E-state index contributed by atoms with van der Waals surface area (Å²) in [4.78, 5) is 21.0. The minimum absolute atomic E-state index is 0.338. The molecule has 0 spiro atoms. The smallest absolute Gasteiger partial charge is 0.248 e. The number of hydrogen-bond donors (Lipinski definition) is 1. The van der Waals surface area contributed by atoms with E-state index in [4.69, 9.17) is 20.8 Å². The van der Waals surface area contributed by atoms with Crippen LogP contribution in [0.3, 0.4) is 0 Å². The van der Waals surface area contributed by atoms with Gasteiger partial charge in [-0.15, -0.1) is 0 Å². The van der Waals surface area contributed by atoms with Crippen LogP contribution >= 0.6 is 27.5 Å². The number of nitrogens with zero attached hydrogens (tertiary/aromatic N) is 2. The number of hydrogen-bond acceptors (Lipinski definition) is 5. The third-order valence-corrected chi connectivity index (χ3v) is 5.06. The molecule has 0 saturated carbocycles. The number of fused-ring (bicyclic) bond motifs is 1. The summed E-state index contributed by atoms with van der Waals surface area (Å²) in [6.45, 7) is 0. The highest BCUT2D eigenvalue weighted by atomic mass is 79.9. The quantitative estimate of drug-likeness (QED) is 0.353. The third kappa shape index (κ3) is 4.37. The Kier molecular flexibility index (Phi) is 5.83. The van der Waals surface area contributed by atoms with Crippen LogP contribution in [0.2, 0.25) is 5.02 Å². The molecule has 2 aromatic heterocycles. The summed E-state index contributed by atoms with van der Waals surface area (Å²) >= 11 is 9.68. The van der Waals surface area contributed by atoms with Crippen LogP contribution in [0.15, 0.2) is 69.7 Å². The van der Waals surface area contributed by atoms with Crippen LogP contribution < -0.4 is 10.1 Å². The normalized spacial score (nSPS) is 11.2. The van der Waals surface area contributed by atoms with Crippen LogP contribution in [0.5, 0.6) is 5.75 Å². The summed E-state index contributed by atoms with van der Waals surface area (Å²) in [5, 5.41) is 3.18. The van der Waals surface area contributed by atoms with E-state index < -0.39 is 0 Å². The number of methoxy groups -OCH3 is 1. The Bertz CT molecular complexity index is 1240. The number of anilines is 1. The number of nitrogens with one attached hydrogen (secondary N) is 1. The lowest BCUT2D eigenvalue weighted by molar-refractivity contribution is -0.111. The van der Waals surface area contributed by atoms with Crippen molar-refractivity contribution in [2.75, 3.05) is 12.4 Å². The van der Waals surface area contributed by atoms with Gasteiger partial charge < -0.3 is 14.5 Å². The van der Waals surface area contributed by atoms with Crippen molar-refractivity contribution in [1.82, 2.24) is 9.97 Å². The molecule has 0 radical (unpaired) electrons. The van der Waals surface area contributed by atoms with Gasteiger partial charge in [-0.2, -0.15) is 4.98 Å². The Morgan fingerprint density at radius 2 is 2.10 bits per heavy atom. The molecule has 0 aliphatic heterocycles. The van der Waals surface area contributed by atoms with Crippen molar-refractivity contribution in [2.45, 2.75) is 0 Å². The van der Waals surface area contributed by atoms with Crippen LogP contribution in [-0.4, -0.2) is 23.0 Å². The van der Waals surface area contributed by atoms with E-state index in [-0.39, 0.29) is 5.91 Å². The predicted octanol–water partition coefficient (Wildman–Crippen LogP) is 5.97. The highest BCUT2D eigenvalue weighted by Crippen LogP contribution is 2.30. The minimum atomic E-state index is -0.338. The molecule has 0 aliphatic rings. The monoisotopic (exact) mass is 483 g/mol. The van der Waals surface area contributed by atoms with E-state index >= 15 is 0 Å². The SMILES string of the molecule is COc1ccc(Br)cc1/C=C/C(=O)Nc1cc(-c2nc3ncccc3o2)ccc1Cl. The number of aromatic nitrogens is 2. The van der Waals surface area contributed by atoms with Crippen molar-refractivity contribution in [1.29, 1.82) is 0 Å². The number of amides is 1. The molecule has 0 aliphatic carbocycles. The maximum Gasteiger partial charge on any atom is 0.248 e. The zero-order chi connectivity index (χ0) is 21.1. The van der Waals surface area contributed by atoms with Gasteiger partial charge in [-0.05, 0) is 54.6 Å². The molecule has 2 aromatic carbocycles. The van der Waals surface area contributed by atoms with Gasteiger partial charge in [0.15, 0.2) is 11.2 Å². The van der Waals surface area contributed by atoms with Crippen molar-refractivity contribution >= 4 is 56.4 Å². The number of carbonyl (C=O) groups excluding carboxylic acids is 1. The van der Waals surface area contributed by atoms with Crippen molar-refractivity contribution < 1.29 is 13.9 Å². The van der Waals surface area contributed by atoms with Gasteiger partial charge in [0, 0.05) is 27.9 Å². The van der Waals surface area contributed by atoms with E-state index in [0.29, 0.717) is 39.1 Å². The van der Waals surface area contributed by atoms with Gasteiger partial charge in [-0.3, -0.25) is 4.79 Å². The second-order valence-corrected chi connectivity index (χ2v) is 7.57. The number of ether oxygens (including phenoxy) is 1. The Morgan fingerprint density at radius 3 is 2.90 bits per heavy atom. The lowest BCUT2D eigenvalue weighted by atomic mass is 10.1. The molecule has 0 unspecified atom stereocenters. The zero-order valence-electron chi connectivity index (χ0n) is 15.7.